The van der Waals surface area contributed by atoms with Gasteiger partial charge in [0.1, 0.15) is 5.82 Å². The molecule has 1 amide bonds. The Morgan fingerprint density at radius 3 is 2.41 bits per heavy atom. The maximum atomic E-state index is 13.5. The monoisotopic (exact) mass is 360 g/mol. The van der Waals surface area contributed by atoms with Crippen molar-refractivity contribution in [3.05, 3.63) is 93.9 Å². The van der Waals surface area contributed by atoms with E-state index in [2.05, 4.69) is 10.3 Å². The molecular weight excluding hydrogens is 343 g/mol. The molecule has 0 saturated heterocycles. The summed E-state index contributed by atoms with van der Waals surface area (Å²) in [5.74, 6) is -0.714. The van der Waals surface area contributed by atoms with Crippen molar-refractivity contribution in [3.63, 3.8) is 0 Å². The van der Waals surface area contributed by atoms with Crippen molar-refractivity contribution in [3.8, 4) is 0 Å². The lowest BCUT2D eigenvalue weighted by molar-refractivity contribution is 0.0954. The first-order valence-corrected chi connectivity index (χ1v) is 8.69. The fourth-order valence-corrected chi connectivity index (χ4v) is 3.15. The number of carbonyl (C=O) groups is 1. The highest BCUT2D eigenvalue weighted by Crippen LogP contribution is 2.17. The van der Waals surface area contributed by atoms with Crippen LogP contribution in [0, 0.1) is 5.82 Å². The molecule has 0 aliphatic carbocycles. The Morgan fingerprint density at radius 1 is 0.926 bits per heavy atom. The van der Waals surface area contributed by atoms with Crippen molar-refractivity contribution >= 4 is 27.7 Å². The third-order valence-electron chi connectivity index (χ3n) is 4.56. The smallest absolute Gasteiger partial charge is 0.251 e. The van der Waals surface area contributed by atoms with Gasteiger partial charge in [0, 0.05) is 33.9 Å². The van der Waals surface area contributed by atoms with Crippen LogP contribution in [0.5, 0.6) is 0 Å². The number of hydrogen-bond donors (Lipinski definition) is 2. The van der Waals surface area contributed by atoms with Crippen LogP contribution in [-0.2, 0) is 6.42 Å². The number of rotatable bonds is 4. The van der Waals surface area contributed by atoms with E-state index in [9.17, 15) is 14.0 Å². The van der Waals surface area contributed by atoms with E-state index >= 15 is 0 Å². The summed E-state index contributed by atoms with van der Waals surface area (Å²) in [4.78, 5) is 28.2. The number of amides is 1. The van der Waals surface area contributed by atoms with Crippen LogP contribution >= 0.6 is 0 Å². The van der Waals surface area contributed by atoms with Crippen molar-refractivity contribution in [1.29, 1.82) is 0 Å². The Morgan fingerprint density at radius 2 is 1.63 bits per heavy atom. The topological polar surface area (TPSA) is 62.0 Å². The predicted octanol–water partition coefficient (Wildman–Crippen LogP) is 3.79. The first-order valence-electron chi connectivity index (χ1n) is 8.69. The van der Waals surface area contributed by atoms with Crippen LogP contribution < -0.4 is 10.7 Å². The molecule has 4 rings (SSSR count). The fourth-order valence-electron chi connectivity index (χ4n) is 3.15. The van der Waals surface area contributed by atoms with Gasteiger partial charge in [0.2, 0.25) is 0 Å². The molecule has 1 heterocycles. The molecule has 3 aromatic carbocycles. The van der Waals surface area contributed by atoms with E-state index in [1.165, 1.54) is 18.2 Å². The third kappa shape index (κ3) is 3.44. The Kier molecular flexibility index (Phi) is 4.42. The molecule has 1 aromatic heterocycles. The van der Waals surface area contributed by atoms with E-state index < -0.39 is 5.82 Å². The van der Waals surface area contributed by atoms with Crippen molar-refractivity contribution < 1.29 is 9.18 Å². The van der Waals surface area contributed by atoms with Gasteiger partial charge in [-0.05, 0) is 48.4 Å². The van der Waals surface area contributed by atoms with E-state index in [1.807, 2.05) is 30.3 Å². The number of aromatic amines is 1. The molecule has 0 fully saturated rings. The lowest BCUT2D eigenvalue weighted by atomic mass is 10.1. The molecule has 0 bridgehead atoms. The molecule has 2 N–H and O–H groups in total. The number of aromatic nitrogens is 1. The van der Waals surface area contributed by atoms with E-state index in [0.29, 0.717) is 28.5 Å². The minimum Gasteiger partial charge on any atom is -0.354 e. The SMILES string of the molecule is O=C(NCCc1ccccc1)c1ccc2[nH]c3ccc(F)cc3c(=O)c2c1. The summed E-state index contributed by atoms with van der Waals surface area (Å²) in [7, 11) is 0. The third-order valence-corrected chi connectivity index (χ3v) is 4.56. The first kappa shape index (κ1) is 17.0. The number of carbonyl (C=O) groups excluding carboxylic acids is 1. The van der Waals surface area contributed by atoms with Crippen LogP contribution in [0.3, 0.4) is 0 Å². The van der Waals surface area contributed by atoms with Gasteiger partial charge in [-0.1, -0.05) is 30.3 Å². The van der Waals surface area contributed by atoms with Gasteiger partial charge in [-0.3, -0.25) is 9.59 Å². The van der Waals surface area contributed by atoms with Crippen molar-refractivity contribution in [2.75, 3.05) is 6.54 Å². The van der Waals surface area contributed by atoms with Gasteiger partial charge in [-0.15, -0.1) is 0 Å². The van der Waals surface area contributed by atoms with Gasteiger partial charge < -0.3 is 10.3 Å². The van der Waals surface area contributed by atoms with Crippen molar-refractivity contribution in [2.24, 2.45) is 0 Å². The number of fused-ring (bicyclic) bond motifs is 2. The summed E-state index contributed by atoms with van der Waals surface area (Å²) in [6, 6.07) is 18.9. The standard InChI is InChI=1S/C22H17FN2O2/c23-16-7-9-20-18(13-16)21(26)17-12-15(6-8-19(17)25-20)22(27)24-11-10-14-4-2-1-3-5-14/h1-9,12-13H,10-11H2,(H,24,27)(H,25,26). The van der Waals surface area contributed by atoms with Crippen LogP contribution in [0.25, 0.3) is 21.8 Å². The van der Waals surface area contributed by atoms with E-state index in [-0.39, 0.29) is 16.7 Å². The van der Waals surface area contributed by atoms with Gasteiger partial charge in [0.05, 0.1) is 0 Å². The average Bonchev–Trinajstić information content (AvgIpc) is 2.69. The average molecular weight is 360 g/mol. The molecule has 0 saturated carbocycles. The molecule has 0 aliphatic rings. The summed E-state index contributed by atoms with van der Waals surface area (Å²) >= 11 is 0. The van der Waals surface area contributed by atoms with Gasteiger partial charge in [0.15, 0.2) is 5.43 Å². The molecule has 27 heavy (non-hydrogen) atoms. The zero-order chi connectivity index (χ0) is 18.8. The first-order chi connectivity index (χ1) is 13.1. The second kappa shape index (κ2) is 7.03. The van der Waals surface area contributed by atoms with Crippen molar-refractivity contribution in [1.82, 2.24) is 10.3 Å². The second-order valence-corrected chi connectivity index (χ2v) is 6.40. The summed E-state index contributed by atoms with van der Waals surface area (Å²) in [5.41, 5.74) is 2.42. The van der Waals surface area contributed by atoms with Gasteiger partial charge in [0.25, 0.3) is 5.91 Å². The molecular formula is C22H17FN2O2. The minimum atomic E-state index is -0.470. The molecule has 4 nitrogen and oxygen atoms in total. The van der Waals surface area contributed by atoms with Crippen LogP contribution in [-0.4, -0.2) is 17.4 Å². The number of hydrogen-bond acceptors (Lipinski definition) is 2. The number of H-pyrrole nitrogens is 1. The lowest BCUT2D eigenvalue weighted by Gasteiger charge is -2.07. The maximum absolute atomic E-state index is 13.5. The highest BCUT2D eigenvalue weighted by atomic mass is 19.1. The Labute approximate surface area is 154 Å². The second-order valence-electron chi connectivity index (χ2n) is 6.40. The molecule has 134 valence electrons. The van der Waals surface area contributed by atoms with Crippen LogP contribution in [0.2, 0.25) is 0 Å². The highest BCUT2D eigenvalue weighted by molar-refractivity contribution is 6.00. The maximum Gasteiger partial charge on any atom is 0.251 e. The van der Waals surface area contributed by atoms with Gasteiger partial charge >= 0.3 is 0 Å². The van der Waals surface area contributed by atoms with Gasteiger partial charge in [-0.2, -0.15) is 0 Å². The Balaban J connectivity index is 1.60. The molecule has 0 radical (unpaired) electrons. The highest BCUT2D eigenvalue weighted by Gasteiger charge is 2.11. The largest absolute Gasteiger partial charge is 0.354 e. The van der Waals surface area contributed by atoms with E-state index in [4.69, 9.17) is 0 Å². The summed E-state index contributed by atoms with van der Waals surface area (Å²) in [5, 5.41) is 3.50. The number of halogens is 1. The quantitative estimate of drug-likeness (QED) is 0.544. The van der Waals surface area contributed by atoms with Crippen LogP contribution in [0.15, 0.2) is 71.5 Å². The minimum absolute atomic E-state index is 0.244. The zero-order valence-corrected chi connectivity index (χ0v) is 14.5. The summed E-state index contributed by atoms with van der Waals surface area (Å²) in [6.07, 6.45) is 0.727. The molecule has 0 spiro atoms. The Bertz CT molecular complexity index is 1200. The number of benzene rings is 3. The molecule has 4 aromatic rings. The number of nitrogens with one attached hydrogen (secondary N) is 2. The normalized spacial score (nSPS) is 11.0. The molecule has 0 atom stereocenters. The van der Waals surface area contributed by atoms with E-state index in [1.54, 1.807) is 18.2 Å². The zero-order valence-electron chi connectivity index (χ0n) is 14.5. The molecule has 5 heteroatoms. The molecule has 0 aliphatic heterocycles. The Hall–Kier alpha value is -3.47. The fraction of sp³-hybridized carbons (Fsp3) is 0.0909. The van der Waals surface area contributed by atoms with E-state index in [0.717, 1.165) is 12.0 Å². The predicted molar refractivity (Wildman–Crippen MR) is 105 cm³/mol. The summed E-state index contributed by atoms with van der Waals surface area (Å²) < 4.78 is 13.5. The van der Waals surface area contributed by atoms with Crippen molar-refractivity contribution in [2.45, 2.75) is 6.42 Å². The van der Waals surface area contributed by atoms with Crippen LogP contribution in [0.1, 0.15) is 15.9 Å². The van der Waals surface area contributed by atoms with Crippen LogP contribution in [0.4, 0.5) is 4.39 Å². The summed E-state index contributed by atoms with van der Waals surface area (Å²) in [6.45, 7) is 0.500. The number of pyridine rings is 1. The lowest BCUT2D eigenvalue weighted by Crippen LogP contribution is -2.25. The molecule has 0 unspecified atom stereocenters. The van der Waals surface area contributed by atoms with Gasteiger partial charge in [-0.25, -0.2) is 4.39 Å².